The zero-order valence-corrected chi connectivity index (χ0v) is 18.1. The summed E-state index contributed by atoms with van der Waals surface area (Å²) in [4.78, 5) is 33.2. The lowest BCUT2D eigenvalue weighted by Gasteiger charge is -2.27. The number of halogens is 1. The molecule has 1 unspecified atom stereocenters. The average Bonchev–Trinajstić information content (AvgIpc) is 3.00. The van der Waals surface area contributed by atoms with Crippen molar-refractivity contribution in [3.63, 3.8) is 0 Å². The van der Waals surface area contributed by atoms with Crippen LogP contribution < -0.4 is 10.2 Å². The van der Waals surface area contributed by atoms with E-state index in [-0.39, 0.29) is 17.9 Å². The van der Waals surface area contributed by atoms with Crippen molar-refractivity contribution >= 4 is 35.0 Å². The molecule has 2 aromatic rings. The summed E-state index contributed by atoms with van der Waals surface area (Å²) in [5.41, 5.74) is 1.14. The number of anilines is 2. The lowest BCUT2D eigenvalue weighted by molar-refractivity contribution is -0.120. The molecule has 0 saturated carbocycles. The van der Waals surface area contributed by atoms with Crippen LogP contribution in [0.3, 0.4) is 0 Å². The van der Waals surface area contributed by atoms with Gasteiger partial charge in [-0.25, -0.2) is 9.78 Å². The maximum absolute atomic E-state index is 12.7. The van der Waals surface area contributed by atoms with Crippen LogP contribution >= 0.6 is 11.6 Å². The van der Waals surface area contributed by atoms with Gasteiger partial charge in [0.2, 0.25) is 5.91 Å². The van der Waals surface area contributed by atoms with Crippen molar-refractivity contribution in [2.24, 2.45) is 0 Å². The molecule has 1 aliphatic rings. The van der Waals surface area contributed by atoms with E-state index in [1.165, 1.54) is 0 Å². The molecule has 1 saturated heterocycles. The van der Waals surface area contributed by atoms with Crippen LogP contribution in [0.1, 0.15) is 30.6 Å². The van der Waals surface area contributed by atoms with Crippen LogP contribution in [-0.4, -0.2) is 60.6 Å². The van der Waals surface area contributed by atoms with E-state index < -0.39 is 0 Å². The van der Waals surface area contributed by atoms with E-state index in [1.54, 1.807) is 31.3 Å². The van der Waals surface area contributed by atoms with Gasteiger partial charge >= 0.3 is 5.97 Å². The predicted molar refractivity (Wildman–Crippen MR) is 118 cm³/mol. The Bertz CT molecular complexity index is 875. The second kappa shape index (κ2) is 10.4. The minimum Gasteiger partial charge on any atom is -0.462 e. The van der Waals surface area contributed by atoms with Gasteiger partial charge in [0.1, 0.15) is 5.82 Å². The average molecular weight is 431 g/mol. The number of hydrogen-bond donors (Lipinski definition) is 1. The lowest BCUT2D eigenvalue weighted by atomic mass is 10.2. The molecular formula is C22H27ClN4O3. The van der Waals surface area contributed by atoms with Crippen LogP contribution in [-0.2, 0) is 9.53 Å². The molecule has 1 aliphatic heterocycles. The number of pyridine rings is 1. The normalized spacial score (nSPS) is 15.9. The molecule has 2 heterocycles. The largest absolute Gasteiger partial charge is 0.462 e. The highest BCUT2D eigenvalue weighted by Gasteiger charge is 2.24. The third-order valence-corrected chi connectivity index (χ3v) is 5.37. The summed E-state index contributed by atoms with van der Waals surface area (Å²) in [7, 11) is 0. The molecule has 0 bridgehead atoms. The SMILES string of the molecule is CCOC(=O)c1ccc(N2CCCN(C(C)C(=O)Nc3cccc(Cl)c3)CC2)nc1. The summed E-state index contributed by atoms with van der Waals surface area (Å²) in [5, 5.41) is 3.53. The molecular weight excluding hydrogens is 404 g/mol. The number of carbonyl (C=O) groups is 2. The Morgan fingerprint density at radius 2 is 2.03 bits per heavy atom. The Kier molecular flexibility index (Phi) is 7.65. The number of hydrogen-bond acceptors (Lipinski definition) is 6. The van der Waals surface area contributed by atoms with Crippen LogP contribution in [0.4, 0.5) is 11.5 Å². The molecule has 3 rings (SSSR count). The first-order valence-corrected chi connectivity index (χ1v) is 10.5. The van der Waals surface area contributed by atoms with Crippen molar-refractivity contribution in [2.45, 2.75) is 26.3 Å². The Hall–Kier alpha value is -2.64. The highest BCUT2D eigenvalue weighted by Crippen LogP contribution is 2.18. The van der Waals surface area contributed by atoms with Crippen LogP contribution in [0.25, 0.3) is 0 Å². The molecule has 8 heteroatoms. The van der Waals surface area contributed by atoms with Gasteiger partial charge in [0.05, 0.1) is 18.2 Å². The fourth-order valence-electron chi connectivity index (χ4n) is 3.44. The Balaban J connectivity index is 1.57. The van der Waals surface area contributed by atoms with Gasteiger partial charge in [0, 0.05) is 43.1 Å². The van der Waals surface area contributed by atoms with Gasteiger partial charge in [0.15, 0.2) is 0 Å². The third kappa shape index (κ3) is 5.70. The summed E-state index contributed by atoms with van der Waals surface area (Å²) in [6, 6.07) is 10.5. The number of nitrogens with one attached hydrogen (secondary N) is 1. The zero-order chi connectivity index (χ0) is 21.5. The number of benzene rings is 1. The quantitative estimate of drug-likeness (QED) is 0.707. The fraction of sp³-hybridized carbons (Fsp3) is 0.409. The van der Waals surface area contributed by atoms with E-state index in [4.69, 9.17) is 16.3 Å². The number of amides is 1. The highest BCUT2D eigenvalue weighted by molar-refractivity contribution is 6.30. The number of nitrogens with zero attached hydrogens (tertiary/aromatic N) is 3. The maximum Gasteiger partial charge on any atom is 0.339 e. The summed E-state index contributed by atoms with van der Waals surface area (Å²) < 4.78 is 5.00. The van der Waals surface area contributed by atoms with Gasteiger partial charge in [-0.05, 0) is 50.6 Å². The smallest absolute Gasteiger partial charge is 0.339 e. The second-order valence-corrected chi connectivity index (χ2v) is 7.61. The van der Waals surface area contributed by atoms with E-state index in [0.29, 0.717) is 22.9 Å². The Morgan fingerprint density at radius 1 is 1.20 bits per heavy atom. The minimum atomic E-state index is -0.363. The van der Waals surface area contributed by atoms with Crippen LogP contribution in [0.15, 0.2) is 42.6 Å². The minimum absolute atomic E-state index is 0.0531. The monoisotopic (exact) mass is 430 g/mol. The molecule has 7 nitrogen and oxygen atoms in total. The zero-order valence-electron chi connectivity index (χ0n) is 17.3. The van der Waals surface area contributed by atoms with E-state index in [0.717, 1.165) is 38.4 Å². The molecule has 1 aromatic carbocycles. The first kappa shape index (κ1) is 22.1. The van der Waals surface area contributed by atoms with Crippen molar-refractivity contribution in [3.05, 3.63) is 53.2 Å². The van der Waals surface area contributed by atoms with Gasteiger partial charge in [-0.15, -0.1) is 0 Å². The molecule has 1 amide bonds. The van der Waals surface area contributed by atoms with E-state index >= 15 is 0 Å². The molecule has 1 N–H and O–H groups in total. The highest BCUT2D eigenvalue weighted by atomic mass is 35.5. The number of ether oxygens (including phenoxy) is 1. The molecule has 30 heavy (non-hydrogen) atoms. The van der Waals surface area contributed by atoms with Gasteiger partial charge in [-0.3, -0.25) is 9.69 Å². The van der Waals surface area contributed by atoms with Gasteiger partial charge in [0.25, 0.3) is 0 Å². The van der Waals surface area contributed by atoms with Gasteiger partial charge in [-0.2, -0.15) is 0 Å². The molecule has 160 valence electrons. The van der Waals surface area contributed by atoms with Crippen LogP contribution in [0.5, 0.6) is 0 Å². The lowest BCUT2D eigenvalue weighted by Crippen LogP contribution is -2.44. The second-order valence-electron chi connectivity index (χ2n) is 7.18. The topological polar surface area (TPSA) is 74.8 Å². The van der Waals surface area contributed by atoms with Crippen molar-refractivity contribution in [1.29, 1.82) is 0 Å². The molecule has 0 spiro atoms. The predicted octanol–water partition coefficient (Wildman–Crippen LogP) is 3.45. The summed E-state index contributed by atoms with van der Waals surface area (Å²) in [6.45, 7) is 7.19. The fourth-order valence-corrected chi connectivity index (χ4v) is 3.63. The van der Waals surface area contributed by atoms with Gasteiger partial charge < -0.3 is 15.0 Å². The van der Waals surface area contributed by atoms with E-state index in [1.807, 2.05) is 25.1 Å². The standard InChI is InChI=1S/C22H27ClN4O3/c1-3-30-22(29)17-8-9-20(24-15-17)27-11-5-10-26(12-13-27)16(2)21(28)25-19-7-4-6-18(23)14-19/h4,6-9,14-16H,3,5,10-13H2,1-2H3,(H,25,28). The molecule has 0 radical (unpaired) electrons. The van der Waals surface area contributed by atoms with Crippen molar-refractivity contribution in [1.82, 2.24) is 9.88 Å². The van der Waals surface area contributed by atoms with Crippen LogP contribution in [0, 0.1) is 0 Å². The van der Waals surface area contributed by atoms with Crippen molar-refractivity contribution in [2.75, 3.05) is 43.0 Å². The summed E-state index contributed by atoms with van der Waals surface area (Å²) in [6.07, 6.45) is 2.47. The summed E-state index contributed by atoms with van der Waals surface area (Å²) >= 11 is 6.00. The van der Waals surface area contributed by atoms with Crippen molar-refractivity contribution in [3.8, 4) is 0 Å². The number of esters is 1. The van der Waals surface area contributed by atoms with Crippen molar-refractivity contribution < 1.29 is 14.3 Å². The third-order valence-electron chi connectivity index (χ3n) is 5.13. The molecule has 1 atom stereocenters. The Labute approximate surface area is 182 Å². The van der Waals surface area contributed by atoms with E-state index in [9.17, 15) is 9.59 Å². The van der Waals surface area contributed by atoms with Gasteiger partial charge in [-0.1, -0.05) is 17.7 Å². The first-order valence-electron chi connectivity index (χ1n) is 10.2. The Morgan fingerprint density at radius 3 is 2.73 bits per heavy atom. The summed E-state index contributed by atoms with van der Waals surface area (Å²) in [5.74, 6) is 0.404. The molecule has 1 aromatic heterocycles. The number of aromatic nitrogens is 1. The molecule has 1 fully saturated rings. The number of rotatable bonds is 6. The van der Waals surface area contributed by atoms with E-state index in [2.05, 4.69) is 20.1 Å². The van der Waals surface area contributed by atoms with Crippen LogP contribution in [0.2, 0.25) is 5.02 Å². The molecule has 0 aliphatic carbocycles. The number of carbonyl (C=O) groups excluding carboxylic acids is 2. The maximum atomic E-state index is 12.7. The first-order chi connectivity index (χ1) is 14.5.